The molecule has 20 heavy (non-hydrogen) atoms. The van der Waals surface area contributed by atoms with Gasteiger partial charge in [-0.2, -0.15) is 0 Å². The van der Waals surface area contributed by atoms with E-state index < -0.39 is 0 Å². The summed E-state index contributed by atoms with van der Waals surface area (Å²) < 4.78 is 0. The molecule has 0 aliphatic heterocycles. The fourth-order valence-corrected chi connectivity index (χ4v) is 2.84. The smallest absolute Gasteiger partial charge is 0.0795 e. The van der Waals surface area contributed by atoms with Gasteiger partial charge in [-0.1, -0.05) is 31.2 Å². The molecule has 0 saturated carbocycles. The van der Waals surface area contributed by atoms with E-state index >= 15 is 0 Å². The van der Waals surface area contributed by atoms with Crippen LogP contribution < -0.4 is 5.32 Å². The van der Waals surface area contributed by atoms with Crippen LogP contribution in [0, 0.1) is 0 Å². The third-order valence-corrected chi connectivity index (χ3v) is 3.93. The van der Waals surface area contributed by atoms with Gasteiger partial charge in [-0.05, 0) is 37.7 Å². The second kappa shape index (κ2) is 8.15. The van der Waals surface area contributed by atoms with Crippen LogP contribution in [-0.4, -0.2) is 30.0 Å². The average molecular weight is 289 g/mol. The maximum Gasteiger partial charge on any atom is 0.0795 e. The van der Waals surface area contributed by atoms with E-state index in [-0.39, 0.29) is 0 Å². The molecule has 0 aliphatic carbocycles. The molecule has 0 atom stereocenters. The van der Waals surface area contributed by atoms with E-state index in [0.29, 0.717) is 0 Å². The normalized spacial score (nSPS) is 11.2. The molecule has 0 radical (unpaired) electrons. The minimum Gasteiger partial charge on any atom is -0.317 e. The minimum atomic E-state index is 0.908. The first kappa shape index (κ1) is 15.2. The number of likely N-dealkylation sites (N-methyl/N-ethyl adjacent to an activating group) is 1. The summed E-state index contributed by atoms with van der Waals surface area (Å²) in [7, 11) is 2.15. The summed E-state index contributed by atoms with van der Waals surface area (Å²) in [5.74, 6) is 0. The highest BCUT2D eigenvalue weighted by molar-refractivity contribution is 7.07. The highest BCUT2D eigenvalue weighted by atomic mass is 32.1. The lowest BCUT2D eigenvalue weighted by Gasteiger charge is -2.18. The number of rotatable bonds is 8. The molecule has 1 aromatic heterocycles. The van der Waals surface area contributed by atoms with E-state index in [4.69, 9.17) is 0 Å². The van der Waals surface area contributed by atoms with Crippen LogP contribution in [0.4, 0.5) is 0 Å². The summed E-state index contributed by atoms with van der Waals surface area (Å²) in [5.41, 5.74) is 5.91. The zero-order valence-corrected chi connectivity index (χ0v) is 13.1. The van der Waals surface area contributed by atoms with Crippen molar-refractivity contribution in [1.82, 2.24) is 15.2 Å². The molecule has 108 valence electrons. The molecule has 0 fully saturated rings. The van der Waals surface area contributed by atoms with E-state index in [2.05, 4.69) is 58.8 Å². The molecule has 1 heterocycles. The molecule has 0 saturated heterocycles. The van der Waals surface area contributed by atoms with Crippen molar-refractivity contribution < 1.29 is 0 Å². The largest absolute Gasteiger partial charge is 0.317 e. The summed E-state index contributed by atoms with van der Waals surface area (Å²) in [5, 5.41) is 5.51. The first-order valence-corrected chi connectivity index (χ1v) is 8.07. The molecular weight excluding hydrogens is 266 g/mol. The first-order chi connectivity index (χ1) is 9.79. The molecule has 1 aromatic carbocycles. The van der Waals surface area contributed by atoms with E-state index in [1.165, 1.54) is 11.1 Å². The number of nitrogens with zero attached hydrogens (tertiary/aromatic N) is 2. The minimum absolute atomic E-state index is 0.908. The summed E-state index contributed by atoms with van der Waals surface area (Å²) >= 11 is 1.66. The van der Waals surface area contributed by atoms with Crippen molar-refractivity contribution in [2.45, 2.75) is 26.4 Å². The van der Waals surface area contributed by atoms with Crippen LogP contribution in [0.1, 0.15) is 23.7 Å². The predicted octanol–water partition coefficient (Wildman–Crippen LogP) is 2.93. The Hall–Kier alpha value is -1.23. The van der Waals surface area contributed by atoms with Gasteiger partial charge in [0, 0.05) is 18.5 Å². The Morgan fingerprint density at radius 3 is 2.70 bits per heavy atom. The van der Waals surface area contributed by atoms with Crippen molar-refractivity contribution in [2.24, 2.45) is 0 Å². The molecule has 4 heteroatoms. The van der Waals surface area contributed by atoms with Gasteiger partial charge in [-0.25, -0.2) is 4.98 Å². The molecule has 0 amide bonds. The summed E-state index contributed by atoms with van der Waals surface area (Å²) in [6.07, 6.45) is 1.09. The summed E-state index contributed by atoms with van der Waals surface area (Å²) in [6, 6.07) is 8.73. The van der Waals surface area contributed by atoms with E-state index in [1.807, 2.05) is 5.51 Å². The third kappa shape index (κ3) is 4.71. The Bertz CT molecular complexity index is 496. The van der Waals surface area contributed by atoms with Gasteiger partial charge in [0.05, 0.1) is 11.2 Å². The summed E-state index contributed by atoms with van der Waals surface area (Å²) in [6.45, 7) is 6.10. The lowest BCUT2D eigenvalue weighted by Crippen LogP contribution is -2.20. The van der Waals surface area contributed by atoms with Crippen LogP contribution >= 0.6 is 11.3 Å². The Morgan fingerprint density at radius 2 is 2.00 bits per heavy atom. The van der Waals surface area contributed by atoms with Crippen LogP contribution in [0.5, 0.6) is 0 Å². The van der Waals surface area contributed by atoms with Crippen LogP contribution in [-0.2, 0) is 19.5 Å². The average Bonchev–Trinajstić information content (AvgIpc) is 2.93. The van der Waals surface area contributed by atoms with E-state index in [0.717, 1.165) is 38.3 Å². The topological polar surface area (TPSA) is 28.2 Å². The van der Waals surface area contributed by atoms with Gasteiger partial charge in [0.25, 0.3) is 0 Å². The van der Waals surface area contributed by atoms with Gasteiger partial charge in [0.15, 0.2) is 0 Å². The number of benzene rings is 1. The van der Waals surface area contributed by atoms with Crippen molar-refractivity contribution in [3.63, 3.8) is 0 Å². The molecule has 0 bridgehead atoms. The van der Waals surface area contributed by atoms with E-state index in [9.17, 15) is 0 Å². The highest BCUT2D eigenvalue weighted by Gasteiger charge is 2.06. The number of nitrogens with one attached hydrogen (secondary N) is 1. The highest BCUT2D eigenvalue weighted by Crippen LogP contribution is 2.13. The van der Waals surface area contributed by atoms with Crippen molar-refractivity contribution in [1.29, 1.82) is 0 Å². The number of thiazole rings is 1. The number of hydrogen-bond donors (Lipinski definition) is 1. The molecule has 0 aliphatic rings. The first-order valence-electron chi connectivity index (χ1n) is 7.12. The molecule has 2 aromatic rings. The number of hydrogen-bond acceptors (Lipinski definition) is 4. The fourth-order valence-electron chi connectivity index (χ4n) is 2.29. The molecule has 2 rings (SSSR count). The zero-order valence-electron chi connectivity index (χ0n) is 12.3. The quantitative estimate of drug-likeness (QED) is 0.757. The van der Waals surface area contributed by atoms with Gasteiger partial charge in [-0.15, -0.1) is 11.3 Å². The van der Waals surface area contributed by atoms with Crippen molar-refractivity contribution in [3.05, 3.63) is 52.0 Å². The Kier molecular flexibility index (Phi) is 6.18. The predicted molar refractivity (Wildman–Crippen MR) is 86.0 cm³/mol. The standard InChI is InChI=1S/C16H23N3S/c1-3-17-9-8-14-6-4-5-7-15(14)10-19(2)11-16-12-20-13-18-16/h4-7,12-13,17H,3,8-11H2,1-2H3. The van der Waals surface area contributed by atoms with Crippen LogP contribution in [0.25, 0.3) is 0 Å². The monoisotopic (exact) mass is 289 g/mol. The Morgan fingerprint density at radius 1 is 1.20 bits per heavy atom. The van der Waals surface area contributed by atoms with Gasteiger partial charge >= 0.3 is 0 Å². The van der Waals surface area contributed by atoms with Crippen molar-refractivity contribution >= 4 is 11.3 Å². The SMILES string of the molecule is CCNCCc1ccccc1CN(C)Cc1cscn1. The van der Waals surface area contributed by atoms with E-state index in [1.54, 1.807) is 11.3 Å². The Balaban J connectivity index is 1.93. The van der Waals surface area contributed by atoms with Crippen molar-refractivity contribution in [2.75, 3.05) is 20.1 Å². The molecule has 1 N–H and O–H groups in total. The lowest BCUT2D eigenvalue weighted by molar-refractivity contribution is 0.314. The van der Waals surface area contributed by atoms with Gasteiger partial charge in [0.1, 0.15) is 0 Å². The Labute approximate surface area is 125 Å². The summed E-state index contributed by atoms with van der Waals surface area (Å²) in [4.78, 5) is 6.67. The molecular formula is C16H23N3S. The number of aromatic nitrogens is 1. The van der Waals surface area contributed by atoms with Crippen LogP contribution in [0.2, 0.25) is 0 Å². The van der Waals surface area contributed by atoms with Crippen LogP contribution in [0.3, 0.4) is 0 Å². The second-order valence-corrected chi connectivity index (χ2v) is 5.74. The fraction of sp³-hybridized carbons (Fsp3) is 0.438. The van der Waals surface area contributed by atoms with Crippen molar-refractivity contribution in [3.8, 4) is 0 Å². The maximum atomic E-state index is 4.35. The second-order valence-electron chi connectivity index (χ2n) is 5.02. The molecule has 0 unspecified atom stereocenters. The lowest BCUT2D eigenvalue weighted by atomic mass is 10.0. The maximum absolute atomic E-state index is 4.35. The van der Waals surface area contributed by atoms with Gasteiger partial charge in [0.2, 0.25) is 0 Å². The van der Waals surface area contributed by atoms with Crippen LogP contribution in [0.15, 0.2) is 35.2 Å². The zero-order chi connectivity index (χ0) is 14.2. The molecule has 3 nitrogen and oxygen atoms in total. The molecule has 0 spiro atoms. The van der Waals surface area contributed by atoms with Gasteiger partial charge < -0.3 is 5.32 Å². The third-order valence-electron chi connectivity index (χ3n) is 3.30. The van der Waals surface area contributed by atoms with Gasteiger partial charge in [-0.3, -0.25) is 4.90 Å².